The van der Waals surface area contributed by atoms with Gasteiger partial charge in [0.25, 0.3) is 0 Å². The number of phenols is 1. The maximum absolute atomic E-state index is 13.1. The molecule has 1 rings (SSSR count). The summed E-state index contributed by atoms with van der Waals surface area (Å²) in [6.07, 6.45) is 0.159. The van der Waals surface area contributed by atoms with Crippen molar-refractivity contribution in [3.8, 4) is 5.75 Å². The van der Waals surface area contributed by atoms with Gasteiger partial charge in [0.15, 0.2) is 0 Å². The van der Waals surface area contributed by atoms with Crippen LogP contribution >= 0.6 is 0 Å². The molecule has 0 aliphatic rings. The minimum Gasteiger partial charge on any atom is -0.508 e. The zero-order chi connectivity index (χ0) is 28.3. The average Bonchev–Trinajstić information content (AvgIpc) is 2.80. The maximum Gasteiger partial charge on any atom is 0.326 e. The number of nitrogens with one attached hydrogen (secondary N) is 3. The largest absolute Gasteiger partial charge is 0.508 e. The summed E-state index contributed by atoms with van der Waals surface area (Å²) >= 11 is 0. The lowest BCUT2D eigenvalue weighted by molar-refractivity contribution is -0.142. The van der Waals surface area contributed by atoms with Gasteiger partial charge < -0.3 is 37.6 Å². The number of rotatable bonds is 15. The van der Waals surface area contributed by atoms with Crippen molar-refractivity contribution in [3.05, 3.63) is 29.8 Å². The molecule has 0 aliphatic carbocycles. The van der Waals surface area contributed by atoms with Crippen LogP contribution in [0.2, 0.25) is 0 Å². The van der Waals surface area contributed by atoms with Gasteiger partial charge in [-0.25, -0.2) is 4.79 Å². The number of phenolic OH excluding ortho intramolecular Hbond substituents is 1. The molecule has 1 aromatic carbocycles. The van der Waals surface area contributed by atoms with Gasteiger partial charge in [0, 0.05) is 12.8 Å². The Bertz CT molecular complexity index is 949. The van der Waals surface area contributed by atoms with E-state index in [0.717, 1.165) is 0 Å². The summed E-state index contributed by atoms with van der Waals surface area (Å²) in [5, 5.41) is 26.7. The van der Waals surface area contributed by atoms with Gasteiger partial charge in [-0.15, -0.1) is 0 Å². The van der Waals surface area contributed by atoms with Crippen LogP contribution in [0.25, 0.3) is 0 Å². The third-order valence-electron chi connectivity index (χ3n) is 5.62. The van der Waals surface area contributed by atoms with Gasteiger partial charge in [-0.2, -0.15) is 0 Å². The van der Waals surface area contributed by atoms with Crippen molar-refractivity contribution < 1.29 is 34.2 Å². The Morgan fingerprint density at radius 2 is 1.43 bits per heavy atom. The van der Waals surface area contributed by atoms with E-state index in [9.17, 15) is 34.2 Å². The van der Waals surface area contributed by atoms with E-state index in [1.807, 2.05) is 13.8 Å². The minimum absolute atomic E-state index is 0.00548. The molecule has 0 aliphatic heterocycles. The lowest BCUT2D eigenvalue weighted by Crippen LogP contribution is -2.58. The normalized spacial score (nSPS) is 14.4. The Balaban J connectivity index is 2.95. The summed E-state index contributed by atoms with van der Waals surface area (Å²) < 4.78 is 0. The maximum atomic E-state index is 13.1. The number of primary amides is 1. The number of aromatic hydroxyl groups is 1. The van der Waals surface area contributed by atoms with Crippen molar-refractivity contribution in [2.24, 2.45) is 23.3 Å². The van der Waals surface area contributed by atoms with E-state index in [-0.39, 0.29) is 37.4 Å². The monoisotopic (exact) mass is 521 g/mol. The van der Waals surface area contributed by atoms with Gasteiger partial charge in [-0.1, -0.05) is 39.8 Å². The Kier molecular flexibility index (Phi) is 12.5. The van der Waals surface area contributed by atoms with E-state index in [1.54, 1.807) is 26.0 Å². The molecule has 0 fully saturated rings. The van der Waals surface area contributed by atoms with Crippen molar-refractivity contribution >= 4 is 29.6 Å². The lowest BCUT2D eigenvalue weighted by atomic mass is 9.98. The highest BCUT2D eigenvalue weighted by atomic mass is 16.4. The highest BCUT2D eigenvalue weighted by molar-refractivity contribution is 5.94. The second-order valence-electron chi connectivity index (χ2n) is 9.80. The van der Waals surface area contributed by atoms with E-state index in [4.69, 9.17) is 11.5 Å². The van der Waals surface area contributed by atoms with Crippen molar-refractivity contribution in [1.82, 2.24) is 16.0 Å². The first kappa shape index (κ1) is 31.4. The first-order valence-corrected chi connectivity index (χ1v) is 12.2. The zero-order valence-corrected chi connectivity index (χ0v) is 21.7. The molecule has 206 valence electrons. The van der Waals surface area contributed by atoms with Gasteiger partial charge >= 0.3 is 5.97 Å². The zero-order valence-electron chi connectivity index (χ0n) is 21.7. The molecule has 12 nitrogen and oxygen atoms in total. The van der Waals surface area contributed by atoms with E-state index in [0.29, 0.717) is 5.56 Å². The van der Waals surface area contributed by atoms with Crippen LogP contribution < -0.4 is 27.4 Å². The molecule has 4 amide bonds. The Morgan fingerprint density at radius 3 is 1.92 bits per heavy atom. The molecule has 0 saturated carbocycles. The predicted octanol–water partition coefficient (Wildman–Crippen LogP) is -0.231. The molecule has 0 aromatic heterocycles. The molecule has 0 spiro atoms. The number of carbonyl (C=O) groups excluding carboxylic acids is 4. The molecule has 1 aromatic rings. The van der Waals surface area contributed by atoms with Crippen LogP contribution in [0.1, 0.15) is 52.5 Å². The van der Waals surface area contributed by atoms with Gasteiger partial charge in [0.05, 0.1) is 6.04 Å². The van der Waals surface area contributed by atoms with Crippen molar-refractivity contribution in [3.63, 3.8) is 0 Å². The molecular weight excluding hydrogens is 482 g/mol. The summed E-state index contributed by atoms with van der Waals surface area (Å²) in [4.78, 5) is 61.4. The fourth-order valence-corrected chi connectivity index (χ4v) is 3.53. The molecule has 0 radical (unpaired) electrons. The number of aliphatic carboxylic acids is 1. The molecule has 12 heteroatoms. The number of carboxylic acid groups (broad SMARTS) is 1. The third-order valence-corrected chi connectivity index (χ3v) is 5.62. The first-order valence-electron chi connectivity index (χ1n) is 12.2. The molecule has 4 unspecified atom stereocenters. The van der Waals surface area contributed by atoms with Crippen LogP contribution in [0.15, 0.2) is 24.3 Å². The third kappa shape index (κ3) is 11.3. The number of benzene rings is 1. The standard InChI is InChI=1S/C25H39N5O7/c1-13(2)11-18(28-22(33)17(26)9-10-20(27)32)23(34)30-21(14(3)4)24(35)29-19(25(36)37)12-15-5-7-16(31)8-6-15/h5-8,13-14,17-19,21,31H,9-12,26H2,1-4H3,(H2,27,32)(H,28,33)(H,29,35)(H,30,34)(H,36,37). The van der Waals surface area contributed by atoms with Gasteiger partial charge in [-0.3, -0.25) is 19.2 Å². The topological polar surface area (TPSA) is 214 Å². The summed E-state index contributed by atoms with van der Waals surface area (Å²) in [7, 11) is 0. The quantitative estimate of drug-likeness (QED) is 0.163. The Labute approximate surface area is 216 Å². The smallest absolute Gasteiger partial charge is 0.326 e. The molecule has 9 N–H and O–H groups in total. The van der Waals surface area contributed by atoms with Crippen LogP contribution in [-0.4, -0.2) is 64.0 Å². The summed E-state index contributed by atoms with van der Waals surface area (Å²) in [6, 6.07) is 1.52. The Morgan fingerprint density at radius 1 is 0.865 bits per heavy atom. The molecular formula is C25H39N5O7. The number of hydrogen-bond donors (Lipinski definition) is 7. The molecule has 0 heterocycles. The van der Waals surface area contributed by atoms with Crippen LogP contribution in [0, 0.1) is 11.8 Å². The molecule has 0 saturated heterocycles. The fraction of sp³-hybridized carbons (Fsp3) is 0.560. The van der Waals surface area contributed by atoms with E-state index < -0.39 is 59.7 Å². The molecule has 4 atom stereocenters. The summed E-state index contributed by atoms with van der Waals surface area (Å²) in [6.45, 7) is 7.09. The highest BCUT2D eigenvalue weighted by Gasteiger charge is 2.32. The lowest BCUT2D eigenvalue weighted by Gasteiger charge is -2.27. The van der Waals surface area contributed by atoms with E-state index in [1.165, 1.54) is 12.1 Å². The van der Waals surface area contributed by atoms with E-state index >= 15 is 0 Å². The second-order valence-corrected chi connectivity index (χ2v) is 9.80. The summed E-state index contributed by atoms with van der Waals surface area (Å²) in [5.41, 5.74) is 11.5. The summed E-state index contributed by atoms with van der Waals surface area (Å²) in [5.74, 6) is -4.18. The van der Waals surface area contributed by atoms with Gasteiger partial charge in [-0.05, 0) is 42.4 Å². The second kappa shape index (κ2) is 14.8. The van der Waals surface area contributed by atoms with Crippen molar-refractivity contribution in [2.45, 2.75) is 77.5 Å². The van der Waals surface area contributed by atoms with Crippen LogP contribution in [-0.2, 0) is 30.4 Å². The highest BCUT2D eigenvalue weighted by Crippen LogP contribution is 2.13. The first-order chi connectivity index (χ1) is 17.2. The van der Waals surface area contributed by atoms with Crippen molar-refractivity contribution in [2.75, 3.05) is 0 Å². The van der Waals surface area contributed by atoms with Crippen LogP contribution in [0.4, 0.5) is 0 Å². The van der Waals surface area contributed by atoms with E-state index in [2.05, 4.69) is 16.0 Å². The number of nitrogens with two attached hydrogens (primary N) is 2. The van der Waals surface area contributed by atoms with Gasteiger partial charge in [0.2, 0.25) is 23.6 Å². The van der Waals surface area contributed by atoms with Crippen LogP contribution in [0.5, 0.6) is 5.75 Å². The average molecular weight is 522 g/mol. The SMILES string of the molecule is CC(C)CC(NC(=O)C(N)CCC(N)=O)C(=O)NC(C(=O)NC(Cc1ccc(O)cc1)C(=O)O)C(C)C. The predicted molar refractivity (Wildman–Crippen MR) is 136 cm³/mol. The fourth-order valence-electron chi connectivity index (χ4n) is 3.53. The minimum atomic E-state index is -1.27. The number of amides is 4. The van der Waals surface area contributed by atoms with Gasteiger partial charge in [0.1, 0.15) is 23.9 Å². The molecule has 0 bridgehead atoms. The van der Waals surface area contributed by atoms with Crippen LogP contribution in [0.3, 0.4) is 0 Å². The number of carbonyl (C=O) groups is 5. The number of hydrogen-bond acceptors (Lipinski definition) is 7. The number of carboxylic acids is 1. The van der Waals surface area contributed by atoms with Crippen molar-refractivity contribution in [1.29, 1.82) is 0 Å². The Hall–Kier alpha value is -3.67. The molecule has 37 heavy (non-hydrogen) atoms.